The molecule has 9 heteroatoms. The largest absolute Gasteiger partial charge is 0.507 e. The smallest absolute Gasteiger partial charge is 0.237 e. The fourth-order valence-electron chi connectivity index (χ4n) is 2.94. The van der Waals surface area contributed by atoms with Crippen LogP contribution in [-0.4, -0.2) is 74.4 Å². The van der Waals surface area contributed by atoms with Crippen molar-refractivity contribution in [3.63, 3.8) is 0 Å². The Morgan fingerprint density at radius 1 is 1.08 bits per heavy atom. The maximum Gasteiger partial charge on any atom is 0.237 e. The predicted molar refractivity (Wildman–Crippen MR) is 85.4 cm³/mol. The van der Waals surface area contributed by atoms with Crippen LogP contribution < -0.4 is 4.74 Å². The monoisotopic (exact) mass is 366 g/mol. The second-order valence-electron chi connectivity index (χ2n) is 6.13. The van der Waals surface area contributed by atoms with Crippen LogP contribution in [0.1, 0.15) is 22.8 Å². The van der Waals surface area contributed by atoms with Gasteiger partial charge in [0.15, 0.2) is 0 Å². The molecule has 1 aliphatic carbocycles. The van der Waals surface area contributed by atoms with Gasteiger partial charge >= 0.3 is 0 Å². The van der Waals surface area contributed by atoms with Gasteiger partial charge in [0.1, 0.15) is 35.9 Å². The Bertz CT molecular complexity index is 782. The first-order valence-corrected chi connectivity index (χ1v) is 7.87. The van der Waals surface area contributed by atoms with Crippen LogP contribution in [-0.2, 0) is 9.53 Å². The fourth-order valence-corrected chi connectivity index (χ4v) is 2.94. The normalized spacial score (nSPS) is 31.8. The average Bonchev–Trinajstić information content (AvgIpc) is 2.64. The topological polar surface area (TPSA) is 154 Å². The number of rotatable bonds is 3. The molecule has 0 aromatic heterocycles. The summed E-state index contributed by atoms with van der Waals surface area (Å²) in [6.45, 7) is 0.682. The molecule has 5 atom stereocenters. The maximum atomic E-state index is 12.3. The van der Waals surface area contributed by atoms with Gasteiger partial charge in [-0.15, -0.1) is 0 Å². The molecule has 0 amide bonds. The number of ketones is 2. The van der Waals surface area contributed by atoms with Crippen molar-refractivity contribution in [1.29, 1.82) is 0 Å². The number of aliphatic hydroxyl groups excluding tert-OH is 5. The number of fused-ring (bicyclic) bond motifs is 1. The third-order valence-electron chi connectivity index (χ3n) is 4.50. The van der Waals surface area contributed by atoms with Gasteiger partial charge in [-0.25, -0.2) is 0 Å². The number of carbonyl (C=O) groups excluding carboxylic acids is 2. The van der Waals surface area contributed by atoms with Crippen molar-refractivity contribution in [3.05, 3.63) is 34.9 Å². The minimum absolute atomic E-state index is 0.0903. The molecule has 1 aromatic carbocycles. The van der Waals surface area contributed by atoms with Crippen molar-refractivity contribution >= 4 is 17.3 Å². The maximum absolute atomic E-state index is 12.3. The SMILES string of the molecule is CC1=C(O)c2cccc(OC3OC(CO)C(O)C(O)C3O)c2C(=O)C1=O. The third kappa shape index (κ3) is 2.79. The van der Waals surface area contributed by atoms with Crippen LogP contribution in [0.15, 0.2) is 23.8 Å². The summed E-state index contributed by atoms with van der Waals surface area (Å²) in [5, 5.41) is 49.0. The van der Waals surface area contributed by atoms with E-state index in [9.17, 15) is 35.1 Å². The van der Waals surface area contributed by atoms with Gasteiger partial charge < -0.3 is 35.0 Å². The Morgan fingerprint density at radius 3 is 2.42 bits per heavy atom. The van der Waals surface area contributed by atoms with Crippen LogP contribution in [0.5, 0.6) is 5.75 Å². The lowest BCUT2D eigenvalue weighted by atomic mass is 9.88. The van der Waals surface area contributed by atoms with E-state index in [1.165, 1.54) is 25.1 Å². The number of hydrogen-bond donors (Lipinski definition) is 5. The van der Waals surface area contributed by atoms with Gasteiger partial charge in [0.25, 0.3) is 0 Å². The van der Waals surface area contributed by atoms with E-state index in [0.717, 1.165) is 0 Å². The number of Topliss-reactive ketones (excluding diaryl/α,β-unsaturated/α-hetero) is 2. The summed E-state index contributed by atoms with van der Waals surface area (Å²) in [5.41, 5.74) is -0.195. The minimum atomic E-state index is -1.68. The third-order valence-corrected chi connectivity index (χ3v) is 4.50. The average molecular weight is 366 g/mol. The zero-order chi connectivity index (χ0) is 19.2. The molecule has 1 saturated heterocycles. The highest BCUT2D eigenvalue weighted by atomic mass is 16.7. The lowest BCUT2D eigenvalue weighted by Gasteiger charge is -2.39. The van der Waals surface area contributed by atoms with E-state index in [1.807, 2.05) is 0 Å². The van der Waals surface area contributed by atoms with Crippen molar-refractivity contribution in [1.82, 2.24) is 0 Å². The summed E-state index contributed by atoms with van der Waals surface area (Å²) in [5.74, 6) is -2.29. The van der Waals surface area contributed by atoms with Gasteiger partial charge in [0, 0.05) is 11.1 Å². The number of carbonyl (C=O) groups is 2. The van der Waals surface area contributed by atoms with E-state index in [0.29, 0.717) is 0 Å². The molecule has 3 rings (SSSR count). The molecule has 0 bridgehead atoms. The minimum Gasteiger partial charge on any atom is -0.507 e. The summed E-state index contributed by atoms with van der Waals surface area (Å²) in [7, 11) is 0. The molecule has 0 radical (unpaired) electrons. The summed E-state index contributed by atoms with van der Waals surface area (Å²) < 4.78 is 10.7. The molecule has 140 valence electrons. The zero-order valence-corrected chi connectivity index (χ0v) is 13.7. The molecule has 0 spiro atoms. The van der Waals surface area contributed by atoms with Gasteiger partial charge in [-0.2, -0.15) is 0 Å². The van der Waals surface area contributed by atoms with Crippen LogP contribution in [0.3, 0.4) is 0 Å². The summed E-state index contributed by atoms with van der Waals surface area (Å²) >= 11 is 0. The Kier molecular flexibility index (Phi) is 4.82. The Hall–Kier alpha value is -2.30. The first kappa shape index (κ1) is 18.5. The number of hydrogen-bond acceptors (Lipinski definition) is 9. The van der Waals surface area contributed by atoms with Crippen molar-refractivity contribution in [2.24, 2.45) is 0 Å². The standard InChI is InChI=1S/C17H18O9/c1-6-11(19)7-3-2-4-8(10(7)14(22)12(6)20)25-17-16(24)15(23)13(21)9(5-18)26-17/h2-4,9,13,15-19,21,23-24H,5H2,1H3. The highest BCUT2D eigenvalue weighted by Gasteiger charge is 2.45. The number of allylic oxidation sites excluding steroid dienone is 1. The molecular formula is C17H18O9. The van der Waals surface area contributed by atoms with Gasteiger partial charge in [-0.3, -0.25) is 9.59 Å². The van der Waals surface area contributed by atoms with Gasteiger partial charge in [-0.1, -0.05) is 12.1 Å². The van der Waals surface area contributed by atoms with Crippen LogP contribution in [0.2, 0.25) is 0 Å². The molecule has 0 saturated carbocycles. The van der Waals surface area contributed by atoms with E-state index >= 15 is 0 Å². The molecule has 1 aliphatic heterocycles. The lowest BCUT2D eigenvalue weighted by Crippen LogP contribution is -2.60. The molecule has 5 N–H and O–H groups in total. The molecule has 5 unspecified atom stereocenters. The van der Waals surface area contributed by atoms with Crippen LogP contribution in [0.4, 0.5) is 0 Å². The van der Waals surface area contributed by atoms with Gasteiger partial charge in [0.2, 0.25) is 17.9 Å². The molecule has 2 aliphatic rings. The molecule has 1 aromatic rings. The Labute approximate surface area is 147 Å². The number of aliphatic hydroxyl groups is 5. The molecule has 26 heavy (non-hydrogen) atoms. The summed E-state index contributed by atoms with van der Waals surface area (Å²) in [6.07, 6.45) is -7.60. The Morgan fingerprint density at radius 2 is 1.77 bits per heavy atom. The van der Waals surface area contributed by atoms with Crippen molar-refractivity contribution in [2.75, 3.05) is 6.61 Å². The van der Waals surface area contributed by atoms with E-state index < -0.39 is 48.9 Å². The molecular weight excluding hydrogens is 348 g/mol. The second-order valence-corrected chi connectivity index (χ2v) is 6.13. The summed E-state index contributed by atoms with van der Waals surface area (Å²) in [6, 6.07) is 4.22. The summed E-state index contributed by atoms with van der Waals surface area (Å²) in [4.78, 5) is 24.3. The van der Waals surface area contributed by atoms with Crippen molar-refractivity contribution in [3.8, 4) is 5.75 Å². The van der Waals surface area contributed by atoms with Crippen LogP contribution in [0.25, 0.3) is 5.76 Å². The molecule has 1 fully saturated rings. The first-order valence-electron chi connectivity index (χ1n) is 7.87. The quantitative estimate of drug-likeness (QED) is 0.420. The molecule has 9 nitrogen and oxygen atoms in total. The van der Waals surface area contributed by atoms with E-state index in [1.54, 1.807) is 0 Å². The second kappa shape index (κ2) is 6.78. The highest BCUT2D eigenvalue weighted by molar-refractivity contribution is 6.52. The fraction of sp³-hybridized carbons (Fsp3) is 0.412. The number of ether oxygens (including phenoxy) is 2. The first-order chi connectivity index (χ1) is 12.3. The Balaban J connectivity index is 1.98. The van der Waals surface area contributed by atoms with E-state index in [2.05, 4.69) is 0 Å². The van der Waals surface area contributed by atoms with E-state index in [-0.39, 0.29) is 28.2 Å². The van der Waals surface area contributed by atoms with Crippen LogP contribution >= 0.6 is 0 Å². The number of benzene rings is 1. The van der Waals surface area contributed by atoms with Gasteiger partial charge in [-0.05, 0) is 13.0 Å². The van der Waals surface area contributed by atoms with E-state index in [4.69, 9.17) is 9.47 Å². The zero-order valence-electron chi connectivity index (χ0n) is 13.7. The van der Waals surface area contributed by atoms with Crippen molar-refractivity contribution in [2.45, 2.75) is 37.6 Å². The lowest BCUT2D eigenvalue weighted by molar-refractivity contribution is -0.277. The highest BCUT2D eigenvalue weighted by Crippen LogP contribution is 2.35. The van der Waals surface area contributed by atoms with Crippen molar-refractivity contribution < 1.29 is 44.6 Å². The predicted octanol–water partition coefficient (Wildman–Crippen LogP) is -1.08. The van der Waals surface area contributed by atoms with Crippen LogP contribution in [0, 0.1) is 0 Å². The van der Waals surface area contributed by atoms with Gasteiger partial charge in [0.05, 0.1) is 12.2 Å². The molecule has 1 heterocycles.